The Labute approximate surface area is 213 Å². The van der Waals surface area contributed by atoms with Gasteiger partial charge in [-0.2, -0.15) is 0 Å². The Morgan fingerprint density at radius 2 is 1.97 bits per heavy atom. The second-order valence-electron chi connectivity index (χ2n) is 9.16. The maximum Gasteiger partial charge on any atom is 0.251 e. The molecule has 0 spiro atoms. The lowest BCUT2D eigenvalue weighted by Gasteiger charge is -2.37. The first kappa shape index (κ1) is 24.3. The van der Waals surface area contributed by atoms with Gasteiger partial charge in [0.1, 0.15) is 13.2 Å². The van der Waals surface area contributed by atoms with Crippen molar-refractivity contribution in [3.63, 3.8) is 0 Å². The summed E-state index contributed by atoms with van der Waals surface area (Å²) in [6.45, 7) is 4.34. The average molecular weight is 520 g/mol. The number of likely N-dealkylation sites (tertiary alicyclic amines) is 1. The van der Waals surface area contributed by atoms with Gasteiger partial charge in [0.25, 0.3) is 5.56 Å². The number of β-amino-alcohol motifs (C(OH)–C–C–N with tert-alkyl or cyclic N) is 1. The number of pyridine rings is 3. The van der Waals surface area contributed by atoms with E-state index < -0.39 is 6.10 Å². The standard InChI is InChI=1S/C24H26ClN5O4.ClH/c25-16-9-28-18-1-2-22(32)30-12-14(23(16)24(18)30)11-29-4-3-17(19(31)13-29)27-8-15-7-20-21(10-26-15)34-6-5-33-20;/h1-2,7,9-10,14,17,19,27,31H,3-6,8,11-13H2;1H/t14?,17-,19+;/m0./s1. The first-order chi connectivity index (χ1) is 16.6. The third-order valence-corrected chi connectivity index (χ3v) is 7.28. The molecule has 3 aliphatic rings. The summed E-state index contributed by atoms with van der Waals surface area (Å²) in [6, 6.07) is 5.19. The van der Waals surface area contributed by atoms with Gasteiger partial charge < -0.3 is 24.5 Å². The van der Waals surface area contributed by atoms with Gasteiger partial charge in [0.2, 0.25) is 0 Å². The van der Waals surface area contributed by atoms with Gasteiger partial charge in [-0.15, -0.1) is 12.4 Å². The number of hydrogen-bond acceptors (Lipinski definition) is 8. The van der Waals surface area contributed by atoms with Crippen LogP contribution in [0.15, 0.2) is 35.4 Å². The summed E-state index contributed by atoms with van der Waals surface area (Å²) < 4.78 is 12.9. The number of fused-ring (bicyclic) bond motifs is 1. The molecule has 1 saturated heterocycles. The maximum absolute atomic E-state index is 12.4. The number of rotatable bonds is 5. The summed E-state index contributed by atoms with van der Waals surface area (Å²) in [6.07, 6.45) is 3.66. The van der Waals surface area contributed by atoms with E-state index in [4.69, 9.17) is 21.1 Å². The van der Waals surface area contributed by atoms with E-state index in [9.17, 15) is 9.90 Å². The Morgan fingerprint density at radius 1 is 1.14 bits per heavy atom. The molecule has 3 aromatic heterocycles. The van der Waals surface area contributed by atoms with Gasteiger partial charge in [0.15, 0.2) is 11.5 Å². The molecule has 1 fully saturated rings. The Morgan fingerprint density at radius 3 is 2.80 bits per heavy atom. The number of aromatic nitrogens is 3. The van der Waals surface area contributed by atoms with Crippen molar-refractivity contribution < 1.29 is 14.6 Å². The van der Waals surface area contributed by atoms with E-state index in [0.29, 0.717) is 49.4 Å². The predicted octanol–water partition coefficient (Wildman–Crippen LogP) is 1.96. The first-order valence-electron chi connectivity index (χ1n) is 11.6. The highest BCUT2D eigenvalue weighted by Crippen LogP contribution is 2.37. The Hall–Kier alpha value is -2.43. The van der Waals surface area contributed by atoms with E-state index in [-0.39, 0.29) is 29.9 Å². The van der Waals surface area contributed by atoms with Crippen LogP contribution in [0, 0.1) is 0 Å². The van der Waals surface area contributed by atoms with Crippen molar-refractivity contribution in [3.8, 4) is 11.5 Å². The monoisotopic (exact) mass is 519 g/mol. The van der Waals surface area contributed by atoms with Crippen LogP contribution in [0.2, 0.25) is 5.02 Å². The van der Waals surface area contributed by atoms with Crippen molar-refractivity contribution in [2.24, 2.45) is 0 Å². The number of aliphatic hydroxyl groups is 1. The SMILES string of the molecule is Cl.O=c1ccc2ncc(Cl)c3c2n1CC3CN1CC[C@H](NCc2cc3c(cn2)OCCO3)[C@H](O)C1. The van der Waals surface area contributed by atoms with Crippen LogP contribution in [-0.2, 0) is 13.1 Å². The molecular formula is C24H27Cl2N5O4. The Kier molecular flexibility index (Phi) is 6.87. The van der Waals surface area contributed by atoms with Crippen LogP contribution in [0.1, 0.15) is 23.6 Å². The largest absolute Gasteiger partial charge is 0.486 e. The summed E-state index contributed by atoms with van der Waals surface area (Å²) >= 11 is 6.52. The van der Waals surface area contributed by atoms with Gasteiger partial charge in [-0.3, -0.25) is 19.7 Å². The second-order valence-corrected chi connectivity index (χ2v) is 9.56. The van der Waals surface area contributed by atoms with Gasteiger partial charge in [-0.25, -0.2) is 0 Å². The summed E-state index contributed by atoms with van der Waals surface area (Å²) in [7, 11) is 0. The fourth-order valence-corrected chi connectivity index (χ4v) is 5.62. The lowest BCUT2D eigenvalue weighted by molar-refractivity contribution is 0.0368. The van der Waals surface area contributed by atoms with Crippen molar-refractivity contribution in [1.29, 1.82) is 0 Å². The van der Waals surface area contributed by atoms with Crippen molar-refractivity contribution in [1.82, 2.24) is 24.8 Å². The molecule has 6 rings (SSSR count). The quantitative estimate of drug-likeness (QED) is 0.527. The highest BCUT2D eigenvalue weighted by molar-refractivity contribution is 6.32. The van der Waals surface area contributed by atoms with E-state index >= 15 is 0 Å². The summed E-state index contributed by atoms with van der Waals surface area (Å²) in [5.41, 5.74) is 3.44. The fourth-order valence-electron chi connectivity index (χ4n) is 5.33. The van der Waals surface area contributed by atoms with E-state index in [0.717, 1.165) is 41.8 Å². The number of ether oxygens (including phenoxy) is 2. The van der Waals surface area contributed by atoms with Gasteiger partial charge in [-0.1, -0.05) is 11.6 Å². The van der Waals surface area contributed by atoms with Crippen molar-refractivity contribution in [2.75, 3.05) is 32.8 Å². The molecule has 3 aliphatic heterocycles. The minimum Gasteiger partial charge on any atom is -0.486 e. The second kappa shape index (κ2) is 9.91. The molecule has 0 radical (unpaired) electrons. The molecule has 0 aromatic carbocycles. The van der Waals surface area contributed by atoms with Gasteiger partial charge in [-0.05, 0) is 19.0 Å². The van der Waals surface area contributed by atoms with Gasteiger partial charge >= 0.3 is 0 Å². The lowest BCUT2D eigenvalue weighted by Crippen LogP contribution is -2.53. The number of nitrogens with zero attached hydrogens (tertiary/aromatic N) is 4. The van der Waals surface area contributed by atoms with E-state index in [1.54, 1.807) is 29.1 Å². The van der Waals surface area contributed by atoms with Crippen LogP contribution in [0.5, 0.6) is 11.5 Å². The minimum absolute atomic E-state index is 0. The number of hydrogen-bond donors (Lipinski definition) is 2. The first-order valence-corrected chi connectivity index (χ1v) is 12.0. The third kappa shape index (κ3) is 4.59. The van der Waals surface area contributed by atoms with E-state index in [1.807, 2.05) is 6.07 Å². The highest BCUT2D eigenvalue weighted by atomic mass is 35.5. The summed E-state index contributed by atoms with van der Waals surface area (Å²) in [5.74, 6) is 1.48. The fraction of sp³-hybridized carbons (Fsp3) is 0.458. The van der Waals surface area contributed by atoms with Crippen LogP contribution >= 0.6 is 24.0 Å². The normalized spacial score (nSPS) is 23.3. The van der Waals surface area contributed by atoms with Crippen molar-refractivity contribution >= 4 is 35.0 Å². The molecule has 9 nitrogen and oxygen atoms in total. The molecule has 2 N–H and O–H groups in total. The molecule has 0 bridgehead atoms. The van der Waals surface area contributed by atoms with E-state index in [2.05, 4.69) is 20.2 Å². The maximum atomic E-state index is 12.4. The molecule has 0 aliphatic carbocycles. The highest BCUT2D eigenvalue weighted by Gasteiger charge is 2.33. The lowest BCUT2D eigenvalue weighted by atomic mass is 9.97. The van der Waals surface area contributed by atoms with E-state index in [1.165, 1.54) is 0 Å². The molecule has 11 heteroatoms. The molecule has 186 valence electrons. The number of nitrogens with one attached hydrogen (secondary N) is 1. The molecule has 0 amide bonds. The molecule has 6 heterocycles. The zero-order valence-electron chi connectivity index (χ0n) is 19.0. The molecular weight excluding hydrogens is 493 g/mol. The topological polar surface area (TPSA) is 102 Å². The molecule has 3 aromatic rings. The van der Waals surface area contributed by atoms with Crippen LogP contribution in [0.3, 0.4) is 0 Å². The summed E-state index contributed by atoms with van der Waals surface area (Å²) in [5, 5.41) is 14.9. The predicted molar refractivity (Wildman–Crippen MR) is 134 cm³/mol. The van der Waals surface area contributed by atoms with Crippen LogP contribution in [-0.4, -0.2) is 69.5 Å². The number of piperidine rings is 1. The minimum atomic E-state index is -0.509. The van der Waals surface area contributed by atoms with Crippen LogP contribution < -0.4 is 20.3 Å². The number of aliphatic hydroxyl groups excluding tert-OH is 1. The molecule has 1 unspecified atom stereocenters. The van der Waals surface area contributed by atoms with Crippen LogP contribution in [0.4, 0.5) is 0 Å². The zero-order valence-corrected chi connectivity index (χ0v) is 20.6. The molecule has 3 atom stereocenters. The molecule has 35 heavy (non-hydrogen) atoms. The van der Waals surface area contributed by atoms with Crippen molar-refractivity contribution in [2.45, 2.75) is 37.6 Å². The Bertz CT molecular complexity index is 1300. The van der Waals surface area contributed by atoms with Crippen LogP contribution in [0.25, 0.3) is 11.0 Å². The van der Waals surface area contributed by atoms with Gasteiger partial charge in [0, 0.05) is 62.0 Å². The summed E-state index contributed by atoms with van der Waals surface area (Å²) in [4.78, 5) is 23.5. The molecule has 0 saturated carbocycles. The zero-order chi connectivity index (χ0) is 23.2. The Balaban J connectivity index is 0.00000253. The smallest absolute Gasteiger partial charge is 0.251 e. The average Bonchev–Trinajstić information content (AvgIpc) is 3.23. The third-order valence-electron chi connectivity index (χ3n) is 6.98. The number of halogens is 2. The van der Waals surface area contributed by atoms with Gasteiger partial charge in [0.05, 0.1) is 34.1 Å². The van der Waals surface area contributed by atoms with Crippen molar-refractivity contribution in [3.05, 3.63) is 57.2 Å².